The number of halogens is 3. The zero-order valence-corrected chi connectivity index (χ0v) is 21.1. The van der Waals surface area contributed by atoms with Crippen molar-refractivity contribution >= 4 is 5.82 Å². The zero-order valence-electron chi connectivity index (χ0n) is 21.1. The van der Waals surface area contributed by atoms with Gasteiger partial charge in [0.25, 0.3) is 5.89 Å². The Morgan fingerprint density at radius 2 is 1.97 bits per heavy atom. The summed E-state index contributed by atoms with van der Waals surface area (Å²) >= 11 is 0. The molecule has 0 radical (unpaired) electrons. The molecule has 5 rings (SSSR count). The Kier molecular flexibility index (Phi) is 7.32. The number of anilines is 1. The number of likely N-dealkylation sites (tertiary alicyclic amines) is 1. The van der Waals surface area contributed by atoms with Crippen LogP contribution in [0.2, 0.25) is 0 Å². The van der Waals surface area contributed by atoms with Gasteiger partial charge in [0.05, 0.1) is 6.54 Å². The molecule has 200 valence electrons. The molecule has 0 aliphatic carbocycles. The molecule has 38 heavy (non-hydrogen) atoms. The number of alkyl halides is 3. The fraction of sp³-hybridized carbons (Fsp3) is 0.385. The van der Waals surface area contributed by atoms with Crippen molar-refractivity contribution in [1.82, 2.24) is 29.8 Å². The van der Waals surface area contributed by atoms with Crippen LogP contribution in [0.3, 0.4) is 0 Å². The lowest BCUT2D eigenvalue weighted by molar-refractivity contribution is -0.274. The topological polar surface area (TPSA) is 94.1 Å². The Morgan fingerprint density at radius 3 is 2.66 bits per heavy atom. The van der Waals surface area contributed by atoms with Crippen molar-refractivity contribution in [3.63, 3.8) is 0 Å². The molecular formula is C26H28F3N7O2. The molecule has 1 aromatic carbocycles. The van der Waals surface area contributed by atoms with Crippen LogP contribution in [0.15, 0.2) is 53.2 Å². The SMILES string of the molecule is Cc1cc(-c2nc(-c3ccc(OC(F)(F)F)cc3)no2)nn1Cc1ccc(NCCC2CCCN2C)nc1. The standard InChI is InChI=1S/C26H28F3N7O2/c1-17-14-22(25-32-24(34-38-25)19-6-8-21(9-7-19)37-26(27,28)29)33-36(17)16-18-5-10-23(31-15-18)30-12-11-20-4-3-13-35(20)2/h5-10,14-15,20H,3-4,11-13,16H2,1-2H3,(H,30,31). The van der Waals surface area contributed by atoms with Gasteiger partial charge in [-0.2, -0.15) is 10.1 Å². The van der Waals surface area contributed by atoms with E-state index in [1.165, 1.54) is 43.7 Å². The number of nitrogens with zero attached hydrogens (tertiary/aromatic N) is 6. The van der Waals surface area contributed by atoms with Gasteiger partial charge in [-0.3, -0.25) is 4.68 Å². The highest BCUT2D eigenvalue weighted by molar-refractivity contribution is 5.59. The van der Waals surface area contributed by atoms with Crippen molar-refractivity contribution in [2.24, 2.45) is 0 Å². The largest absolute Gasteiger partial charge is 0.573 e. The van der Waals surface area contributed by atoms with Gasteiger partial charge in [-0.25, -0.2) is 4.98 Å². The lowest BCUT2D eigenvalue weighted by Crippen LogP contribution is -2.27. The van der Waals surface area contributed by atoms with Gasteiger partial charge in [0.15, 0.2) is 5.69 Å². The lowest BCUT2D eigenvalue weighted by atomic mass is 10.1. The predicted octanol–water partition coefficient (Wildman–Crippen LogP) is 5.15. The fourth-order valence-corrected chi connectivity index (χ4v) is 4.53. The summed E-state index contributed by atoms with van der Waals surface area (Å²) in [7, 11) is 2.18. The van der Waals surface area contributed by atoms with Crippen molar-refractivity contribution in [2.45, 2.75) is 45.1 Å². The van der Waals surface area contributed by atoms with E-state index in [1.54, 1.807) is 0 Å². The smallest absolute Gasteiger partial charge is 0.406 e. The summed E-state index contributed by atoms with van der Waals surface area (Å²) in [4.78, 5) is 11.3. The molecule has 1 aliphatic heterocycles. The molecule has 4 heterocycles. The van der Waals surface area contributed by atoms with E-state index in [2.05, 4.69) is 42.2 Å². The molecule has 1 unspecified atom stereocenters. The predicted molar refractivity (Wildman–Crippen MR) is 134 cm³/mol. The number of aryl methyl sites for hydroxylation is 1. The first-order valence-corrected chi connectivity index (χ1v) is 12.4. The third kappa shape index (κ3) is 6.31. The molecule has 1 saturated heterocycles. The normalized spacial score (nSPS) is 16.2. The maximum Gasteiger partial charge on any atom is 0.573 e. The quantitative estimate of drug-likeness (QED) is 0.320. The molecule has 0 amide bonds. The number of rotatable bonds is 9. The van der Waals surface area contributed by atoms with E-state index < -0.39 is 6.36 Å². The van der Waals surface area contributed by atoms with Gasteiger partial charge in [0.2, 0.25) is 5.82 Å². The van der Waals surface area contributed by atoms with Crippen LogP contribution in [0.4, 0.5) is 19.0 Å². The van der Waals surface area contributed by atoms with Crippen LogP contribution in [0.1, 0.15) is 30.5 Å². The van der Waals surface area contributed by atoms with Crippen molar-refractivity contribution in [2.75, 3.05) is 25.5 Å². The van der Waals surface area contributed by atoms with Crippen molar-refractivity contribution in [1.29, 1.82) is 0 Å². The number of hydrogen-bond donors (Lipinski definition) is 1. The molecule has 1 N–H and O–H groups in total. The Hall–Kier alpha value is -3.93. The van der Waals surface area contributed by atoms with Gasteiger partial charge in [0.1, 0.15) is 11.6 Å². The average Bonchev–Trinajstić information content (AvgIpc) is 3.61. The summed E-state index contributed by atoms with van der Waals surface area (Å²) in [6.07, 6.45) is 0.716. The molecule has 9 nitrogen and oxygen atoms in total. The van der Waals surface area contributed by atoms with Gasteiger partial charge in [-0.1, -0.05) is 11.2 Å². The van der Waals surface area contributed by atoms with Crippen LogP contribution in [0, 0.1) is 6.92 Å². The minimum Gasteiger partial charge on any atom is -0.406 e. The Morgan fingerprint density at radius 1 is 1.16 bits per heavy atom. The number of benzene rings is 1. The molecule has 1 fully saturated rings. The minimum atomic E-state index is -4.75. The number of ether oxygens (including phenoxy) is 1. The summed E-state index contributed by atoms with van der Waals surface area (Å²) in [5.74, 6) is 0.971. The van der Waals surface area contributed by atoms with E-state index in [9.17, 15) is 13.2 Å². The molecule has 1 atom stereocenters. The second kappa shape index (κ2) is 10.8. The van der Waals surface area contributed by atoms with Crippen LogP contribution in [0.25, 0.3) is 23.0 Å². The fourth-order valence-electron chi connectivity index (χ4n) is 4.53. The van der Waals surface area contributed by atoms with Gasteiger partial charge >= 0.3 is 6.36 Å². The van der Waals surface area contributed by atoms with Crippen molar-refractivity contribution in [3.05, 3.63) is 59.9 Å². The Bertz CT molecular complexity index is 1350. The van der Waals surface area contributed by atoms with E-state index in [4.69, 9.17) is 4.52 Å². The highest BCUT2D eigenvalue weighted by atomic mass is 19.4. The second-order valence-electron chi connectivity index (χ2n) is 9.37. The third-order valence-corrected chi connectivity index (χ3v) is 6.58. The first kappa shape index (κ1) is 25.7. The minimum absolute atomic E-state index is 0.211. The second-order valence-corrected chi connectivity index (χ2v) is 9.37. The third-order valence-electron chi connectivity index (χ3n) is 6.58. The van der Waals surface area contributed by atoms with Crippen molar-refractivity contribution in [3.8, 4) is 28.7 Å². The van der Waals surface area contributed by atoms with E-state index in [0.29, 0.717) is 23.8 Å². The molecule has 3 aromatic heterocycles. The van der Waals surface area contributed by atoms with Crippen LogP contribution in [-0.2, 0) is 6.54 Å². The van der Waals surface area contributed by atoms with Crippen LogP contribution >= 0.6 is 0 Å². The number of nitrogens with one attached hydrogen (secondary N) is 1. The van der Waals surface area contributed by atoms with Crippen molar-refractivity contribution < 1.29 is 22.4 Å². The van der Waals surface area contributed by atoms with Gasteiger partial charge in [-0.15, -0.1) is 13.2 Å². The molecule has 0 saturated carbocycles. The maximum atomic E-state index is 12.4. The van der Waals surface area contributed by atoms with E-state index in [0.717, 1.165) is 30.0 Å². The van der Waals surface area contributed by atoms with E-state index in [-0.39, 0.29) is 17.5 Å². The summed E-state index contributed by atoms with van der Waals surface area (Å²) in [6, 6.07) is 11.7. The molecule has 0 spiro atoms. The number of aromatic nitrogens is 5. The summed E-state index contributed by atoms with van der Waals surface area (Å²) in [6.45, 7) is 4.52. The zero-order chi connectivity index (χ0) is 26.7. The summed E-state index contributed by atoms with van der Waals surface area (Å²) < 4.78 is 48.2. The molecule has 0 bridgehead atoms. The highest BCUT2D eigenvalue weighted by Gasteiger charge is 2.31. The summed E-state index contributed by atoms with van der Waals surface area (Å²) in [5.41, 5.74) is 2.88. The molecule has 12 heteroatoms. The van der Waals surface area contributed by atoms with E-state index in [1.807, 2.05) is 36.0 Å². The lowest BCUT2D eigenvalue weighted by Gasteiger charge is -2.19. The Balaban J connectivity index is 1.19. The van der Waals surface area contributed by atoms with Crippen LogP contribution in [0.5, 0.6) is 5.75 Å². The summed E-state index contributed by atoms with van der Waals surface area (Å²) in [5, 5.41) is 11.9. The molecular weight excluding hydrogens is 499 g/mol. The van der Waals surface area contributed by atoms with Gasteiger partial charge < -0.3 is 19.5 Å². The van der Waals surface area contributed by atoms with Crippen LogP contribution < -0.4 is 10.1 Å². The monoisotopic (exact) mass is 527 g/mol. The molecule has 1 aliphatic rings. The number of pyridine rings is 1. The van der Waals surface area contributed by atoms with Gasteiger partial charge in [0, 0.05) is 30.0 Å². The first-order chi connectivity index (χ1) is 18.2. The molecule has 4 aromatic rings. The average molecular weight is 528 g/mol. The maximum absolute atomic E-state index is 12.4. The highest BCUT2D eigenvalue weighted by Crippen LogP contribution is 2.27. The first-order valence-electron chi connectivity index (χ1n) is 12.4. The van der Waals surface area contributed by atoms with E-state index >= 15 is 0 Å². The van der Waals surface area contributed by atoms with Crippen LogP contribution in [-0.4, -0.2) is 62.3 Å². The number of hydrogen-bond acceptors (Lipinski definition) is 8. The van der Waals surface area contributed by atoms with Gasteiger partial charge in [-0.05, 0) is 81.7 Å². The Labute approximate surface area is 217 Å².